The molecule has 0 bridgehead atoms. The highest BCUT2D eigenvalue weighted by atomic mass is 16.4. The molecule has 0 unspecified atom stereocenters. The quantitative estimate of drug-likeness (QED) is 0.491. The van der Waals surface area contributed by atoms with Gasteiger partial charge in [-0.15, -0.1) is 0 Å². The fraction of sp³-hybridized carbons (Fsp3) is 0.667. The third-order valence-corrected chi connectivity index (χ3v) is 0.732. The summed E-state index contributed by atoms with van der Waals surface area (Å²) >= 11 is 0. The number of carbonyl (C=O) groups excluding carboxylic acids is 1. The van der Waals surface area contributed by atoms with Crippen LogP contribution in [0.5, 0.6) is 0 Å². The normalized spacial score (nSPS) is 7.82. The lowest BCUT2D eigenvalue weighted by atomic mass is 10.3. The van der Waals surface area contributed by atoms with Crippen molar-refractivity contribution in [1.82, 2.24) is 0 Å². The number of rotatable bonds is 2. The molecule has 66 valence electrons. The van der Waals surface area contributed by atoms with Gasteiger partial charge in [0.25, 0.3) is 0 Å². The zero-order chi connectivity index (χ0) is 9.28. The Kier molecular flexibility index (Phi) is 10.2. The van der Waals surface area contributed by atoms with Crippen LogP contribution in [0.25, 0.3) is 0 Å². The van der Waals surface area contributed by atoms with Crippen molar-refractivity contribution in [3.63, 3.8) is 0 Å². The van der Waals surface area contributed by atoms with E-state index < -0.39 is 11.9 Å². The van der Waals surface area contributed by atoms with Crippen molar-refractivity contribution in [1.29, 1.82) is 0 Å². The molecule has 0 aliphatic carbocycles. The SMILES string of the molecule is CCCCN.O=C([O-])C(=O)O.[H+]. The van der Waals surface area contributed by atoms with Crippen molar-refractivity contribution < 1.29 is 21.2 Å². The highest BCUT2D eigenvalue weighted by molar-refractivity contribution is 6.26. The van der Waals surface area contributed by atoms with Crippen molar-refractivity contribution in [3.05, 3.63) is 0 Å². The van der Waals surface area contributed by atoms with Gasteiger partial charge >= 0.3 is 7.40 Å². The van der Waals surface area contributed by atoms with E-state index in [1.165, 1.54) is 12.8 Å². The summed E-state index contributed by atoms with van der Waals surface area (Å²) in [6, 6.07) is 0. The van der Waals surface area contributed by atoms with Crippen LogP contribution in [0.15, 0.2) is 0 Å². The summed E-state index contributed by atoms with van der Waals surface area (Å²) in [5.41, 5.74) is 5.14. The minimum atomic E-state index is -2.07. The van der Waals surface area contributed by atoms with Gasteiger partial charge in [0.1, 0.15) is 0 Å². The van der Waals surface area contributed by atoms with Gasteiger partial charge in [-0.1, -0.05) is 13.3 Å². The van der Waals surface area contributed by atoms with E-state index in [4.69, 9.17) is 25.5 Å². The molecule has 0 aliphatic rings. The number of hydrogen-bond donors (Lipinski definition) is 2. The van der Waals surface area contributed by atoms with E-state index in [0.717, 1.165) is 6.54 Å². The standard InChI is InChI=1S/C4H11N.C2H2O4/c1-2-3-4-5;3-1(4)2(5)6/h2-5H2,1H3;(H,3,4)(H,5,6). The lowest BCUT2D eigenvalue weighted by molar-refractivity contribution is -0.303. The van der Waals surface area contributed by atoms with Crippen LogP contribution >= 0.6 is 0 Å². The number of carboxylic acids is 2. The summed E-state index contributed by atoms with van der Waals surface area (Å²) in [5.74, 6) is -4.01. The van der Waals surface area contributed by atoms with Gasteiger partial charge in [-0.05, 0) is 13.0 Å². The molecule has 3 N–H and O–H groups in total. The van der Waals surface area contributed by atoms with Crippen LogP contribution in [-0.4, -0.2) is 23.6 Å². The zero-order valence-corrected chi connectivity index (χ0v) is 6.37. The molecule has 5 nitrogen and oxygen atoms in total. The van der Waals surface area contributed by atoms with E-state index in [9.17, 15) is 0 Å². The number of unbranched alkanes of at least 4 members (excludes halogenated alkanes) is 1. The molecule has 0 aromatic heterocycles. The molecule has 0 heterocycles. The van der Waals surface area contributed by atoms with Gasteiger partial charge in [0.05, 0.1) is 0 Å². The molecule has 11 heavy (non-hydrogen) atoms. The van der Waals surface area contributed by atoms with Crippen LogP contribution < -0.4 is 10.8 Å². The van der Waals surface area contributed by atoms with E-state index >= 15 is 0 Å². The van der Waals surface area contributed by atoms with Gasteiger partial charge in [-0.3, -0.25) is 0 Å². The summed E-state index contributed by atoms with van der Waals surface area (Å²) in [4.78, 5) is 18.0. The predicted octanol–water partition coefficient (Wildman–Crippen LogP) is -1.32. The van der Waals surface area contributed by atoms with Gasteiger partial charge in [0.15, 0.2) is 5.97 Å². The first-order valence-electron chi connectivity index (χ1n) is 3.20. The molecule has 0 radical (unpaired) electrons. The topological polar surface area (TPSA) is 103 Å². The Morgan fingerprint density at radius 3 is 2.00 bits per heavy atom. The number of carbonyl (C=O) groups is 2. The van der Waals surface area contributed by atoms with E-state index in [1.807, 2.05) is 0 Å². The first-order chi connectivity index (χ1) is 5.06. The van der Waals surface area contributed by atoms with Crippen molar-refractivity contribution in [2.75, 3.05) is 6.54 Å². The molecule has 5 heteroatoms. The molecule has 0 saturated carbocycles. The molecular formula is C6H13NO4. The van der Waals surface area contributed by atoms with Crippen LogP contribution in [0.3, 0.4) is 0 Å². The first kappa shape index (κ1) is 12.6. The average molecular weight is 163 g/mol. The fourth-order valence-electron chi connectivity index (χ4n) is 0.204. The van der Waals surface area contributed by atoms with Crippen LogP contribution in [0.1, 0.15) is 21.2 Å². The van der Waals surface area contributed by atoms with Gasteiger partial charge < -0.3 is 20.7 Å². The Labute approximate surface area is 66.3 Å². The lowest BCUT2D eigenvalue weighted by Gasteiger charge is -1.85. The average Bonchev–Trinajstić information content (AvgIpc) is 1.90. The van der Waals surface area contributed by atoms with Crippen molar-refractivity contribution in [2.24, 2.45) is 5.73 Å². The van der Waals surface area contributed by atoms with Gasteiger partial charge in [-0.2, -0.15) is 0 Å². The third kappa shape index (κ3) is 17.6. The van der Waals surface area contributed by atoms with Crippen molar-refractivity contribution in [3.8, 4) is 0 Å². The second-order valence-electron chi connectivity index (χ2n) is 1.73. The molecule has 0 aromatic carbocycles. The molecule has 0 aromatic rings. The van der Waals surface area contributed by atoms with E-state index in [-0.39, 0.29) is 1.43 Å². The maximum atomic E-state index is 9.04. The lowest BCUT2D eigenvalue weighted by Crippen LogP contribution is -2.30. The summed E-state index contributed by atoms with van der Waals surface area (Å²) < 4.78 is 0. The maximum Gasteiger partial charge on any atom is 1.00 e. The monoisotopic (exact) mass is 163 g/mol. The van der Waals surface area contributed by atoms with E-state index in [0.29, 0.717) is 0 Å². The van der Waals surface area contributed by atoms with Crippen molar-refractivity contribution in [2.45, 2.75) is 19.8 Å². The molecular weight excluding hydrogens is 150 g/mol. The Morgan fingerprint density at radius 2 is 2.00 bits per heavy atom. The fourth-order valence-corrected chi connectivity index (χ4v) is 0.204. The number of carboxylic acid groups (broad SMARTS) is 2. The largest absolute Gasteiger partial charge is 1.00 e. The summed E-state index contributed by atoms with van der Waals surface area (Å²) in [6.45, 7) is 2.98. The molecule has 0 fully saturated rings. The Morgan fingerprint density at radius 1 is 1.64 bits per heavy atom. The second-order valence-corrected chi connectivity index (χ2v) is 1.73. The number of aliphatic carboxylic acids is 2. The summed E-state index contributed by atoms with van der Waals surface area (Å²) in [6.07, 6.45) is 2.39. The molecule has 0 atom stereocenters. The summed E-state index contributed by atoms with van der Waals surface area (Å²) in [5, 5.41) is 16.3. The first-order valence-corrected chi connectivity index (χ1v) is 3.20. The second kappa shape index (κ2) is 8.90. The van der Waals surface area contributed by atoms with Gasteiger partial charge in [0.2, 0.25) is 0 Å². The minimum Gasteiger partial charge on any atom is -0.539 e. The maximum absolute atomic E-state index is 9.04. The van der Waals surface area contributed by atoms with E-state index in [1.54, 1.807) is 0 Å². The molecule has 0 rings (SSSR count). The van der Waals surface area contributed by atoms with Crippen LogP contribution in [-0.2, 0) is 9.59 Å². The zero-order valence-electron chi connectivity index (χ0n) is 7.37. The van der Waals surface area contributed by atoms with Crippen LogP contribution in [0, 0.1) is 0 Å². The third-order valence-electron chi connectivity index (χ3n) is 0.732. The molecule has 0 spiro atoms. The smallest absolute Gasteiger partial charge is 0.539 e. The van der Waals surface area contributed by atoms with Crippen LogP contribution in [0.4, 0.5) is 0 Å². The van der Waals surface area contributed by atoms with Gasteiger partial charge in [0, 0.05) is 0 Å². The Hall–Kier alpha value is -1.10. The minimum absolute atomic E-state index is 0. The molecule has 0 aliphatic heterocycles. The summed E-state index contributed by atoms with van der Waals surface area (Å²) in [7, 11) is 0. The highest BCUT2D eigenvalue weighted by Gasteiger charge is 1.90. The molecule has 0 amide bonds. The highest BCUT2D eigenvalue weighted by Crippen LogP contribution is 1.77. The Bertz CT molecular complexity index is 115. The van der Waals surface area contributed by atoms with Crippen LogP contribution in [0.2, 0.25) is 0 Å². The van der Waals surface area contributed by atoms with E-state index in [2.05, 4.69) is 6.92 Å². The van der Waals surface area contributed by atoms with Gasteiger partial charge in [-0.25, -0.2) is 4.79 Å². The number of nitrogens with two attached hydrogens (primary N) is 1. The predicted molar refractivity (Wildman–Crippen MR) is 37.7 cm³/mol. The van der Waals surface area contributed by atoms with Crippen molar-refractivity contribution >= 4 is 11.9 Å². The number of hydrogen-bond acceptors (Lipinski definition) is 4. The Balaban J connectivity index is -0.000000126. The molecule has 0 saturated heterocycles.